The maximum Gasteiger partial charge on any atom is 0.226 e. The van der Waals surface area contributed by atoms with Crippen molar-refractivity contribution in [2.24, 2.45) is 11.8 Å². The number of amides is 1. The minimum atomic E-state index is 0. The number of carbonyl (C=O) groups excluding carboxylic acids is 1. The molecule has 1 saturated heterocycles. The summed E-state index contributed by atoms with van der Waals surface area (Å²) in [5.41, 5.74) is 0. The SMILES string of the molecule is CCCCCc1nnc(NC(=O)CC(C)C2CCCNC2)s1.Cl. The van der Waals surface area contributed by atoms with Crippen molar-refractivity contribution in [3.05, 3.63) is 5.01 Å². The largest absolute Gasteiger partial charge is 0.316 e. The number of aromatic nitrogens is 2. The number of aryl methyl sites for hydroxylation is 1. The van der Waals surface area contributed by atoms with E-state index in [1.165, 1.54) is 37.0 Å². The fourth-order valence-electron chi connectivity index (χ4n) is 2.93. The number of nitrogens with zero attached hydrogens (tertiary/aromatic N) is 2. The van der Waals surface area contributed by atoms with Gasteiger partial charge in [-0.1, -0.05) is 38.0 Å². The average Bonchev–Trinajstić information content (AvgIpc) is 2.95. The van der Waals surface area contributed by atoms with Gasteiger partial charge < -0.3 is 10.6 Å². The summed E-state index contributed by atoms with van der Waals surface area (Å²) in [5, 5.41) is 16.2. The van der Waals surface area contributed by atoms with Gasteiger partial charge in [0.2, 0.25) is 11.0 Å². The number of unbranched alkanes of at least 4 members (excludes halogenated alkanes) is 2. The van der Waals surface area contributed by atoms with Gasteiger partial charge >= 0.3 is 0 Å². The van der Waals surface area contributed by atoms with Gasteiger partial charge in [-0.2, -0.15) is 0 Å². The summed E-state index contributed by atoms with van der Waals surface area (Å²) in [6.07, 6.45) is 7.54. The maximum atomic E-state index is 12.1. The highest BCUT2D eigenvalue weighted by atomic mass is 35.5. The summed E-state index contributed by atoms with van der Waals surface area (Å²) in [5.74, 6) is 1.08. The molecule has 132 valence electrons. The van der Waals surface area contributed by atoms with Gasteiger partial charge in [0.25, 0.3) is 0 Å². The molecule has 1 aliphatic rings. The molecule has 0 radical (unpaired) electrons. The highest BCUT2D eigenvalue weighted by Gasteiger charge is 2.22. The molecule has 1 aromatic heterocycles. The number of nitrogens with one attached hydrogen (secondary N) is 2. The highest BCUT2D eigenvalue weighted by molar-refractivity contribution is 7.15. The van der Waals surface area contributed by atoms with Gasteiger partial charge in [-0.25, -0.2) is 0 Å². The number of carbonyl (C=O) groups is 1. The molecule has 5 nitrogen and oxygen atoms in total. The van der Waals surface area contributed by atoms with Crippen molar-refractivity contribution in [1.82, 2.24) is 15.5 Å². The van der Waals surface area contributed by atoms with Crippen LogP contribution in [-0.2, 0) is 11.2 Å². The van der Waals surface area contributed by atoms with Crippen LogP contribution in [0.5, 0.6) is 0 Å². The van der Waals surface area contributed by atoms with Crippen molar-refractivity contribution in [3.8, 4) is 0 Å². The monoisotopic (exact) mass is 360 g/mol. The molecule has 23 heavy (non-hydrogen) atoms. The van der Waals surface area contributed by atoms with Crippen LogP contribution in [0.1, 0.15) is 57.4 Å². The second kappa shape index (κ2) is 10.9. The van der Waals surface area contributed by atoms with Crippen LogP contribution >= 0.6 is 23.7 Å². The van der Waals surface area contributed by atoms with E-state index in [0.29, 0.717) is 23.4 Å². The van der Waals surface area contributed by atoms with E-state index in [2.05, 4.69) is 34.7 Å². The van der Waals surface area contributed by atoms with Crippen LogP contribution in [0.2, 0.25) is 0 Å². The quantitative estimate of drug-likeness (QED) is 0.694. The van der Waals surface area contributed by atoms with Gasteiger partial charge in [0, 0.05) is 12.8 Å². The van der Waals surface area contributed by atoms with Crippen molar-refractivity contribution in [2.45, 2.75) is 58.8 Å². The van der Waals surface area contributed by atoms with E-state index in [1.54, 1.807) is 0 Å². The van der Waals surface area contributed by atoms with Crippen LogP contribution in [0.15, 0.2) is 0 Å². The molecule has 2 rings (SSSR count). The summed E-state index contributed by atoms with van der Waals surface area (Å²) in [4.78, 5) is 12.1. The van der Waals surface area contributed by atoms with Gasteiger partial charge in [-0.05, 0) is 44.2 Å². The number of rotatable bonds is 8. The zero-order valence-electron chi connectivity index (χ0n) is 14.1. The Labute approximate surface area is 149 Å². The van der Waals surface area contributed by atoms with E-state index >= 15 is 0 Å². The summed E-state index contributed by atoms with van der Waals surface area (Å²) in [6.45, 7) is 6.51. The molecule has 2 N–H and O–H groups in total. The van der Waals surface area contributed by atoms with Crippen LogP contribution in [0, 0.1) is 11.8 Å². The van der Waals surface area contributed by atoms with E-state index < -0.39 is 0 Å². The predicted octanol–water partition coefficient (Wildman–Crippen LogP) is 3.66. The average molecular weight is 361 g/mol. The lowest BCUT2D eigenvalue weighted by Crippen LogP contribution is -2.34. The number of hydrogen-bond donors (Lipinski definition) is 2. The minimum Gasteiger partial charge on any atom is -0.316 e. The third kappa shape index (κ3) is 7.14. The molecule has 2 unspecified atom stereocenters. The highest BCUT2D eigenvalue weighted by Crippen LogP contribution is 2.24. The zero-order chi connectivity index (χ0) is 15.8. The normalized spacial score (nSPS) is 19.0. The van der Waals surface area contributed by atoms with Crippen molar-refractivity contribution in [1.29, 1.82) is 0 Å². The Bertz CT molecular complexity index is 463. The van der Waals surface area contributed by atoms with E-state index in [1.807, 2.05) is 0 Å². The van der Waals surface area contributed by atoms with Crippen molar-refractivity contribution in [3.63, 3.8) is 0 Å². The Kier molecular flexibility index (Phi) is 9.67. The number of anilines is 1. The Balaban J connectivity index is 0.00000264. The number of hydrogen-bond acceptors (Lipinski definition) is 5. The lowest BCUT2D eigenvalue weighted by molar-refractivity contribution is -0.117. The molecule has 0 saturated carbocycles. The molecular formula is C16H29ClN4OS. The molecule has 2 atom stereocenters. The first-order valence-corrected chi connectivity index (χ1v) is 9.33. The first-order valence-electron chi connectivity index (χ1n) is 8.52. The van der Waals surface area contributed by atoms with Gasteiger partial charge in [-0.3, -0.25) is 4.79 Å². The molecule has 0 spiro atoms. The third-order valence-corrected chi connectivity index (χ3v) is 5.25. The smallest absolute Gasteiger partial charge is 0.226 e. The van der Waals surface area contributed by atoms with Crippen molar-refractivity contribution in [2.75, 3.05) is 18.4 Å². The summed E-state index contributed by atoms with van der Waals surface area (Å²) >= 11 is 1.51. The van der Waals surface area contributed by atoms with E-state index in [4.69, 9.17) is 0 Å². The second-order valence-electron chi connectivity index (χ2n) is 6.29. The fraction of sp³-hybridized carbons (Fsp3) is 0.812. The minimum absolute atomic E-state index is 0. The van der Waals surface area contributed by atoms with Crippen LogP contribution < -0.4 is 10.6 Å². The van der Waals surface area contributed by atoms with Crippen molar-refractivity contribution >= 4 is 34.8 Å². The van der Waals surface area contributed by atoms with Gasteiger partial charge in [0.05, 0.1) is 0 Å². The Morgan fingerprint density at radius 2 is 2.26 bits per heavy atom. The second-order valence-corrected chi connectivity index (χ2v) is 7.36. The van der Waals surface area contributed by atoms with Gasteiger partial charge in [0.1, 0.15) is 5.01 Å². The molecule has 0 aliphatic carbocycles. The molecule has 0 aromatic carbocycles. The number of piperidine rings is 1. The first kappa shape index (κ1) is 20.3. The fourth-order valence-corrected chi connectivity index (χ4v) is 3.72. The van der Waals surface area contributed by atoms with Crippen LogP contribution in [0.4, 0.5) is 5.13 Å². The van der Waals surface area contributed by atoms with Crippen LogP contribution in [-0.4, -0.2) is 29.2 Å². The molecule has 1 aliphatic heterocycles. The lowest BCUT2D eigenvalue weighted by atomic mass is 9.85. The Morgan fingerprint density at radius 3 is 2.96 bits per heavy atom. The van der Waals surface area contributed by atoms with Crippen molar-refractivity contribution < 1.29 is 4.79 Å². The van der Waals surface area contributed by atoms with E-state index in [0.717, 1.165) is 30.9 Å². The molecular weight excluding hydrogens is 332 g/mol. The number of halogens is 1. The van der Waals surface area contributed by atoms with Gasteiger partial charge in [0.15, 0.2) is 0 Å². The maximum absolute atomic E-state index is 12.1. The topological polar surface area (TPSA) is 66.9 Å². The lowest BCUT2D eigenvalue weighted by Gasteiger charge is -2.27. The van der Waals surface area contributed by atoms with Crippen LogP contribution in [0.25, 0.3) is 0 Å². The standard InChI is InChI=1S/C16H28N4OS.ClH/c1-3-4-5-8-15-19-20-16(22-15)18-14(21)10-12(2)13-7-6-9-17-11-13;/h12-13,17H,3-11H2,1-2H3,(H,18,20,21);1H. The molecule has 0 bridgehead atoms. The predicted molar refractivity (Wildman–Crippen MR) is 98.4 cm³/mol. The van der Waals surface area contributed by atoms with Crippen LogP contribution in [0.3, 0.4) is 0 Å². The zero-order valence-corrected chi connectivity index (χ0v) is 15.8. The van der Waals surface area contributed by atoms with E-state index in [9.17, 15) is 4.79 Å². The summed E-state index contributed by atoms with van der Waals surface area (Å²) in [7, 11) is 0. The van der Waals surface area contributed by atoms with Gasteiger partial charge in [-0.15, -0.1) is 22.6 Å². The molecule has 1 fully saturated rings. The third-order valence-electron chi connectivity index (χ3n) is 4.35. The molecule has 1 amide bonds. The van der Waals surface area contributed by atoms with E-state index in [-0.39, 0.29) is 18.3 Å². The molecule has 2 heterocycles. The molecule has 7 heteroatoms. The first-order chi connectivity index (χ1) is 10.7. The Hall–Kier alpha value is -0.720. The summed E-state index contributed by atoms with van der Waals surface area (Å²) in [6, 6.07) is 0. The molecule has 1 aromatic rings. The Morgan fingerprint density at radius 1 is 1.43 bits per heavy atom. The summed E-state index contributed by atoms with van der Waals surface area (Å²) < 4.78 is 0.